The van der Waals surface area contributed by atoms with Crippen LogP contribution in [-0.2, 0) is 6.54 Å². The first-order chi connectivity index (χ1) is 11.3. The molecule has 0 fully saturated rings. The van der Waals surface area contributed by atoms with Crippen LogP contribution in [-0.4, -0.2) is 32.3 Å². The smallest absolute Gasteiger partial charge is 0.278 e. The molecule has 0 saturated carbocycles. The molecule has 0 aliphatic heterocycles. The maximum atomic E-state index is 12.9. The molecule has 3 aromatic rings. The molecule has 0 saturated heterocycles. The van der Waals surface area contributed by atoms with Crippen molar-refractivity contribution in [2.75, 3.05) is 6.61 Å². The minimum absolute atomic E-state index is 0.346. The van der Waals surface area contributed by atoms with Gasteiger partial charge in [0.15, 0.2) is 6.61 Å². The Hall–Kier alpha value is -2.28. The van der Waals surface area contributed by atoms with E-state index in [0.29, 0.717) is 17.4 Å². The van der Waals surface area contributed by atoms with Crippen LogP contribution in [0.25, 0.3) is 10.9 Å². The fourth-order valence-corrected chi connectivity index (χ4v) is 2.45. The van der Waals surface area contributed by atoms with E-state index < -0.39 is 12.5 Å². The zero-order valence-electron chi connectivity index (χ0n) is 13.1. The SMILES string of the molecule is Cc1cc(Cn2cc3c(Cl)nccc3n2)ncc1OCC(C)(F)F. The summed E-state index contributed by atoms with van der Waals surface area (Å²) >= 11 is 6.03. The van der Waals surface area contributed by atoms with Gasteiger partial charge in [0, 0.05) is 19.3 Å². The number of alkyl halides is 2. The lowest BCUT2D eigenvalue weighted by molar-refractivity contribution is -0.0232. The normalized spacial score (nSPS) is 11.9. The number of nitrogens with zero attached hydrogens (tertiary/aromatic N) is 4. The predicted octanol–water partition coefficient (Wildman–Crippen LogP) is 3.87. The van der Waals surface area contributed by atoms with E-state index in [4.69, 9.17) is 16.3 Å². The van der Waals surface area contributed by atoms with Crippen molar-refractivity contribution in [2.24, 2.45) is 0 Å². The number of aromatic nitrogens is 4. The third kappa shape index (κ3) is 3.79. The van der Waals surface area contributed by atoms with E-state index in [9.17, 15) is 8.78 Å². The van der Waals surface area contributed by atoms with Crippen molar-refractivity contribution >= 4 is 22.5 Å². The number of ether oxygens (including phenoxy) is 1. The summed E-state index contributed by atoms with van der Waals surface area (Å²) in [7, 11) is 0. The van der Waals surface area contributed by atoms with E-state index in [2.05, 4.69) is 15.1 Å². The van der Waals surface area contributed by atoms with Crippen molar-refractivity contribution in [2.45, 2.75) is 26.3 Å². The molecule has 0 radical (unpaired) electrons. The third-order valence-corrected chi connectivity index (χ3v) is 3.66. The molecular weight excluding hydrogens is 338 g/mol. The Morgan fingerprint density at radius 2 is 2.12 bits per heavy atom. The maximum Gasteiger partial charge on any atom is 0.278 e. The van der Waals surface area contributed by atoms with Gasteiger partial charge >= 0.3 is 0 Å². The summed E-state index contributed by atoms with van der Waals surface area (Å²) in [4.78, 5) is 8.26. The van der Waals surface area contributed by atoms with Crippen LogP contribution in [0.1, 0.15) is 18.2 Å². The van der Waals surface area contributed by atoms with Crippen LogP contribution >= 0.6 is 11.6 Å². The van der Waals surface area contributed by atoms with Crippen molar-refractivity contribution in [1.82, 2.24) is 19.7 Å². The topological polar surface area (TPSA) is 52.8 Å². The van der Waals surface area contributed by atoms with Crippen molar-refractivity contribution < 1.29 is 13.5 Å². The molecule has 3 heterocycles. The van der Waals surface area contributed by atoms with Gasteiger partial charge in [-0.1, -0.05) is 11.6 Å². The quantitative estimate of drug-likeness (QED) is 0.654. The third-order valence-electron chi connectivity index (χ3n) is 3.36. The van der Waals surface area contributed by atoms with Crippen LogP contribution < -0.4 is 4.74 Å². The molecule has 3 rings (SSSR count). The molecule has 5 nitrogen and oxygen atoms in total. The van der Waals surface area contributed by atoms with Crippen LogP contribution in [0.2, 0.25) is 5.15 Å². The van der Waals surface area contributed by atoms with Gasteiger partial charge in [0.05, 0.1) is 29.3 Å². The zero-order chi connectivity index (χ0) is 17.3. The molecule has 0 aromatic carbocycles. The van der Waals surface area contributed by atoms with E-state index in [1.807, 2.05) is 0 Å². The molecule has 0 unspecified atom stereocenters. The van der Waals surface area contributed by atoms with Gasteiger partial charge in [-0.25, -0.2) is 13.8 Å². The first kappa shape index (κ1) is 16.6. The molecule has 0 aliphatic rings. The molecule has 126 valence electrons. The maximum absolute atomic E-state index is 12.9. The summed E-state index contributed by atoms with van der Waals surface area (Å²) in [6, 6.07) is 3.56. The zero-order valence-corrected chi connectivity index (χ0v) is 13.9. The number of halogens is 3. The van der Waals surface area contributed by atoms with Crippen LogP contribution in [0.4, 0.5) is 8.78 Å². The number of hydrogen-bond acceptors (Lipinski definition) is 4. The van der Waals surface area contributed by atoms with E-state index >= 15 is 0 Å². The highest BCUT2D eigenvalue weighted by atomic mass is 35.5. The van der Waals surface area contributed by atoms with Gasteiger partial charge < -0.3 is 4.74 Å². The molecular formula is C16H15ClF2N4O. The molecule has 0 atom stereocenters. The Kier molecular flexibility index (Phi) is 4.36. The minimum atomic E-state index is -2.88. The molecule has 3 aromatic heterocycles. The Morgan fingerprint density at radius 3 is 2.79 bits per heavy atom. The van der Waals surface area contributed by atoms with Crippen molar-refractivity contribution in [3.8, 4) is 5.75 Å². The molecule has 0 bridgehead atoms. The second-order valence-corrected chi connectivity index (χ2v) is 6.02. The fraction of sp³-hybridized carbons (Fsp3) is 0.312. The predicted molar refractivity (Wildman–Crippen MR) is 86.7 cm³/mol. The number of hydrogen-bond donors (Lipinski definition) is 0. The Labute approximate surface area is 142 Å². The van der Waals surface area contributed by atoms with Crippen LogP contribution in [0.15, 0.2) is 30.7 Å². The standard InChI is InChI=1S/C16H15ClF2N4O/c1-10-5-11(21-6-14(10)24-9-16(2,18)19)7-23-8-12-13(22-23)3-4-20-15(12)17/h3-6,8H,7,9H2,1-2H3. The Balaban J connectivity index is 1.77. The number of rotatable bonds is 5. The molecule has 0 aliphatic carbocycles. The van der Waals surface area contributed by atoms with Crippen LogP contribution in [0.3, 0.4) is 0 Å². The number of aryl methyl sites for hydroxylation is 1. The summed E-state index contributed by atoms with van der Waals surface area (Å²) in [5, 5.41) is 5.57. The second-order valence-electron chi connectivity index (χ2n) is 5.66. The molecule has 0 spiro atoms. The van der Waals surface area contributed by atoms with Crippen molar-refractivity contribution in [1.29, 1.82) is 0 Å². The van der Waals surface area contributed by atoms with Gasteiger partial charge in [-0.05, 0) is 24.6 Å². The lowest BCUT2D eigenvalue weighted by Crippen LogP contribution is -2.21. The summed E-state index contributed by atoms with van der Waals surface area (Å²) in [5.74, 6) is -2.54. The highest BCUT2D eigenvalue weighted by Crippen LogP contribution is 2.22. The van der Waals surface area contributed by atoms with Gasteiger partial charge in [-0.2, -0.15) is 5.10 Å². The summed E-state index contributed by atoms with van der Waals surface area (Å²) in [6.07, 6.45) is 4.85. The van der Waals surface area contributed by atoms with Gasteiger partial charge in [0.1, 0.15) is 10.9 Å². The van der Waals surface area contributed by atoms with Gasteiger partial charge in [0.2, 0.25) is 0 Å². The number of pyridine rings is 2. The first-order valence-electron chi connectivity index (χ1n) is 7.26. The van der Waals surface area contributed by atoms with Gasteiger partial charge in [-0.3, -0.25) is 9.67 Å². The van der Waals surface area contributed by atoms with E-state index in [1.54, 1.807) is 36.1 Å². The second kappa shape index (κ2) is 6.32. The van der Waals surface area contributed by atoms with Gasteiger partial charge in [0.25, 0.3) is 5.92 Å². The minimum Gasteiger partial charge on any atom is -0.485 e. The van der Waals surface area contributed by atoms with Gasteiger partial charge in [-0.15, -0.1) is 0 Å². The van der Waals surface area contributed by atoms with Crippen molar-refractivity contribution in [3.63, 3.8) is 0 Å². The van der Waals surface area contributed by atoms with E-state index in [-0.39, 0.29) is 0 Å². The summed E-state index contributed by atoms with van der Waals surface area (Å²) < 4.78 is 32.6. The lowest BCUT2D eigenvalue weighted by Gasteiger charge is -2.14. The van der Waals surface area contributed by atoms with Crippen LogP contribution in [0.5, 0.6) is 5.75 Å². The average molecular weight is 353 g/mol. The van der Waals surface area contributed by atoms with E-state index in [1.165, 1.54) is 6.20 Å². The molecule has 0 N–H and O–H groups in total. The fourth-order valence-electron chi connectivity index (χ4n) is 2.25. The largest absolute Gasteiger partial charge is 0.485 e. The summed E-state index contributed by atoms with van der Waals surface area (Å²) in [6.45, 7) is 2.35. The highest BCUT2D eigenvalue weighted by molar-refractivity contribution is 6.34. The molecule has 0 amide bonds. The molecule has 8 heteroatoms. The number of fused-ring (bicyclic) bond motifs is 1. The monoisotopic (exact) mass is 352 g/mol. The van der Waals surface area contributed by atoms with Crippen LogP contribution in [0, 0.1) is 6.92 Å². The Bertz CT molecular complexity index is 876. The summed E-state index contributed by atoms with van der Waals surface area (Å²) in [5.41, 5.74) is 2.22. The van der Waals surface area contributed by atoms with E-state index in [0.717, 1.165) is 29.1 Å². The highest BCUT2D eigenvalue weighted by Gasteiger charge is 2.22. The molecule has 24 heavy (non-hydrogen) atoms. The first-order valence-corrected chi connectivity index (χ1v) is 7.63. The lowest BCUT2D eigenvalue weighted by atomic mass is 10.2. The Morgan fingerprint density at radius 1 is 1.33 bits per heavy atom. The van der Waals surface area contributed by atoms with Crippen molar-refractivity contribution in [3.05, 3.63) is 47.1 Å². The average Bonchev–Trinajstić information content (AvgIpc) is 2.89.